The molecule has 0 unspecified atom stereocenters. The van der Waals surface area contributed by atoms with E-state index >= 15 is 0 Å². The molecule has 4 heteroatoms. The molecule has 0 bridgehead atoms. The molecule has 0 atom stereocenters. The predicted molar refractivity (Wildman–Crippen MR) is 67.1 cm³/mol. The van der Waals surface area contributed by atoms with E-state index in [4.69, 9.17) is 9.84 Å². The number of ether oxygens (including phenoxy) is 1. The number of carbonyl (C=O) groups is 1. The molecule has 0 saturated heterocycles. The molecular formula is C13H25NO3. The second kappa shape index (κ2) is 9.42. The lowest BCUT2D eigenvalue weighted by Gasteiger charge is -2.05. The average molecular weight is 243 g/mol. The highest BCUT2D eigenvalue weighted by Crippen LogP contribution is 2.28. The van der Waals surface area contributed by atoms with Crippen LogP contribution in [0.15, 0.2) is 0 Å². The zero-order chi connectivity index (χ0) is 12.3. The van der Waals surface area contributed by atoms with Gasteiger partial charge in [0, 0.05) is 19.6 Å². The summed E-state index contributed by atoms with van der Waals surface area (Å²) in [6, 6.07) is 0. The van der Waals surface area contributed by atoms with Gasteiger partial charge in [-0.3, -0.25) is 4.79 Å². The van der Waals surface area contributed by atoms with Crippen LogP contribution in [-0.2, 0) is 9.53 Å². The topological polar surface area (TPSA) is 58.6 Å². The zero-order valence-electron chi connectivity index (χ0n) is 10.6. The van der Waals surface area contributed by atoms with Crippen molar-refractivity contribution in [1.82, 2.24) is 5.32 Å². The lowest BCUT2D eigenvalue weighted by atomic mass is 10.2. The van der Waals surface area contributed by atoms with Crippen LogP contribution in [-0.4, -0.2) is 37.4 Å². The van der Waals surface area contributed by atoms with E-state index < -0.39 is 5.97 Å². The maximum Gasteiger partial charge on any atom is 0.303 e. The first kappa shape index (κ1) is 14.5. The van der Waals surface area contributed by atoms with Gasteiger partial charge in [0.15, 0.2) is 0 Å². The summed E-state index contributed by atoms with van der Waals surface area (Å²) in [5.41, 5.74) is 0. The number of nitrogens with one attached hydrogen (secondary N) is 1. The van der Waals surface area contributed by atoms with Gasteiger partial charge in [-0.05, 0) is 51.1 Å². The molecule has 2 N–H and O–H groups in total. The molecule has 4 nitrogen and oxygen atoms in total. The van der Waals surface area contributed by atoms with E-state index in [0.717, 1.165) is 57.9 Å². The molecule has 1 aliphatic rings. The fourth-order valence-corrected chi connectivity index (χ4v) is 1.66. The standard InChI is InChI=1S/C13H25NO3/c15-13(16)5-2-1-3-8-14-9-4-10-17-11-12-6-7-12/h12,14H,1-11H2,(H,15,16). The Bertz CT molecular complexity index is 205. The molecule has 0 radical (unpaired) electrons. The maximum atomic E-state index is 10.3. The zero-order valence-corrected chi connectivity index (χ0v) is 10.6. The number of aliphatic carboxylic acids is 1. The van der Waals surface area contributed by atoms with E-state index in [1.54, 1.807) is 0 Å². The Morgan fingerprint density at radius 2 is 1.94 bits per heavy atom. The molecule has 0 aromatic carbocycles. The van der Waals surface area contributed by atoms with E-state index in [1.165, 1.54) is 12.8 Å². The van der Waals surface area contributed by atoms with E-state index in [1.807, 2.05) is 0 Å². The first-order valence-electron chi connectivity index (χ1n) is 6.79. The molecule has 0 heterocycles. The summed E-state index contributed by atoms with van der Waals surface area (Å²) in [6.45, 7) is 3.81. The quantitative estimate of drug-likeness (QED) is 0.515. The largest absolute Gasteiger partial charge is 0.481 e. The molecule has 17 heavy (non-hydrogen) atoms. The Labute approximate surface area is 104 Å². The van der Waals surface area contributed by atoms with Gasteiger partial charge < -0.3 is 15.2 Å². The molecule has 1 aliphatic carbocycles. The van der Waals surface area contributed by atoms with Crippen LogP contribution in [0.3, 0.4) is 0 Å². The summed E-state index contributed by atoms with van der Waals surface area (Å²) >= 11 is 0. The van der Waals surface area contributed by atoms with Crippen molar-refractivity contribution in [2.45, 2.75) is 44.9 Å². The number of unbranched alkanes of at least 4 members (excludes halogenated alkanes) is 2. The second-order valence-electron chi connectivity index (χ2n) is 4.83. The summed E-state index contributed by atoms with van der Waals surface area (Å²) in [5.74, 6) is 0.169. The Hall–Kier alpha value is -0.610. The van der Waals surface area contributed by atoms with Crippen LogP contribution >= 0.6 is 0 Å². The van der Waals surface area contributed by atoms with Gasteiger partial charge in [-0.1, -0.05) is 6.42 Å². The lowest BCUT2D eigenvalue weighted by molar-refractivity contribution is -0.137. The Kier molecular flexibility index (Phi) is 8.01. The summed E-state index contributed by atoms with van der Waals surface area (Å²) in [6.07, 6.45) is 6.94. The van der Waals surface area contributed by atoms with Gasteiger partial charge in [-0.2, -0.15) is 0 Å². The Balaban J connectivity index is 1.65. The SMILES string of the molecule is O=C(O)CCCCCNCCCOCC1CC1. The molecule has 0 spiro atoms. The van der Waals surface area contributed by atoms with Crippen molar-refractivity contribution in [2.75, 3.05) is 26.3 Å². The van der Waals surface area contributed by atoms with Crippen molar-refractivity contribution in [3.8, 4) is 0 Å². The third kappa shape index (κ3) is 10.3. The highest BCUT2D eigenvalue weighted by Gasteiger charge is 2.20. The van der Waals surface area contributed by atoms with Gasteiger partial charge in [0.2, 0.25) is 0 Å². The fraction of sp³-hybridized carbons (Fsp3) is 0.923. The molecule has 0 amide bonds. The summed E-state index contributed by atoms with van der Waals surface area (Å²) in [7, 11) is 0. The van der Waals surface area contributed by atoms with Gasteiger partial charge >= 0.3 is 5.97 Å². The Morgan fingerprint density at radius 1 is 1.18 bits per heavy atom. The molecule has 0 aliphatic heterocycles. The Morgan fingerprint density at radius 3 is 2.65 bits per heavy atom. The molecule has 0 aromatic heterocycles. The normalized spacial score (nSPS) is 15.1. The fourth-order valence-electron chi connectivity index (χ4n) is 1.66. The first-order valence-corrected chi connectivity index (χ1v) is 6.79. The van der Waals surface area contributed by atoms with Crippen molar-refractivity contribution in [3.05, 3.63) is 0 Å². The van der Waals surface area contributed by atoms with Crippen LogP contribution in [0.2, 0.25) is 0 Å². The molecule has 0 aromatic rings. The van der Waals surface area contributed by atoms with Gasteiger partial charge in [0.1, 0.15) is 0 Å². The van der Waals surface area contributed by atoms with Crippen molar-refractivity contribution in [3.63, 3.8) is 0 Å². The maximum absolute atomic E-state index is 10.3. The monoisotopic (exact) mass is 243 g/mol. The predicted octanol–water partition coefficient (Wildman–Crippen LogP) is 2.04. The van der Waals surface area contributed by atoms with E-state index in [-0.39, 0.29) is 0 Å². The smallest absolute Gasteiger partial charge is 0.303 e. The number of hydrogen-bond acceptors (Lipinski definition) is 3. The van der Waals surface area contributed by atoms with Gasteiger partial charge in [0.25, 0.3) is 0 Å². The van der Waals surface area contributed by atoms with Crippen LogP contribution in [0.5, 0.6) is 0 Å². The summed E-state index contributed by atoms with van der Waals surface area (Å²) < 4.78 is 5.52. The number of rotatable bonds is 12. The number of carboxylic acids is 1. The van der Waals surface area contributed by atoms with Crippen LogP contribution in [0.4, 0.5) is 0 Å². The van der Waals surface area contributed by atoms with Crippen LogP contribution in [0.1, 0.15) is 44.9 Å². The van der Waals surface area contributed by atoms with Crippen molar-refractivity contribution in [1.29, 1.82) is 0 Å². The van der Waals surface area contributed by atoms with E-state index in [9.17, 15) is 4.79 Å². The third-order valence-electron chi connectivity index (χ3n) is 2.94. The molecule has 1 saturated carbocycles. The third-order valence-corrected chi connectivity index (χ3v) is 2.94. The molecule has 1 fully saturated rings. The minimum absolute atomic E-state index is 0.301. The van der Waals surface area contributed by atoms with Gasteiger partial charge in [-0.15, -0.1) is 0 Å². The summed E-state index contributed by atoms with van der Waals surface area (Å²) in [4.78, 5) is 10.3. The number of carboxylic acid groups (broad SMARTS) is 1. The van der Waals surface area contributed by atoms with Crippen LogP contribution in [0.25, 0.3) is 0 Å². The number of hydrogen-bond donors (Lipinski definition) is 2. The van der Waals surface area contributed by atoms with Crippen LogP contribution in [0, 0.1) is 5.92 Å². The minimum Gasteiger partial charge on any atom is -0.481 e. The van der Waals surface area contributed by atoms with Crippen molar-refractivity contribution < 1.29 is 14.6 Å². The minimum atomic E-state index is -0.689. The second-order valence-corrected chi connectivity index (χ2v) is 4.83. The molecular weight excluding hydrogens is 218 g/mol. The van der Waals surface area contributed by atoms with Crippen LogP contribution < -0.4 is 5.32 Å². The van der Waals surface area contributed by atoms with Gasteiger partial charge in [-0.25, -0.2) is 0 Å². The highest BCUT2D eigenvalue weighted by molar-refractivity contribution is 5.66. The highest BCUT2D eigenvalue weighted by atomic mass is 16.5. The van der Waals surface area contributed by atoms with Crippen molar-refractivity contribution in [2.24, 2.45) is 5.92 Å². The van der Waals surface area contributed by atoms with Gasteiger partial charge in [0.05, 0.1) is 0 Å². The summed E-state index contributed by atoms with van der Waals surface area (Å²) in [5, 5.41) is 11.8. The lowest BCUT2D eigenvalue weighted by Crippen LogP contribution is -2.18. The molecule has 100 valence electrons. The first-order chi connectivity index (χ1) is 8.29. The van der Waals surface area contributed by atoms with E-state index in [0.29, 0.717) is 6.42 Å². The van der Waals surface area contributed by atoms with E-state index in [2.05, 4.69) is 5.32 Å². The molecule has 1 rings (SSSR count). The van der Waals surface area contributed by atoms with Crippen molar-refractivity contribution >= 4 is 5.97 Å². The average Bonchev–Trinajstić information content (AvgIpc) is 3.09.